The standard InChI is InChI=1S/C26H26N2O3/c1-17(2)19-4-6-21(7-5-19)24-23(20-8-10-22(31-3)11-9-20)25(29)26(30)28(24)16-18-12-14-27-15-13-18/h4-15,17,24,29H,16H2,1-3H3/t24-/m1/s1. The van der Waals surface area contributed by atoms with Crippen LogP contribution in [0.25, 0.3) is 5.57 Å². The Balaban J connectivity index is 1.79. The van der Waals surface area contributed by atoms with Crippen LogP contribution in [-0.2, 0) is 11.3 Å². The number of aromatic nitrogens is 1. The van der Waals surface area contributed by atoms with Gasteiger partial charge in [-0.25, -0.2) is 0 Å². The van der Waals surface area contributed by atoms with Crippen molar-refractivity contribution in [3.8, 4) is 5.75 Å². The molecular formula is C26H26N2O3. The zero-order valence-corrected chi connectivity index (χ0v) is 17.9. The first-order valence-corrected chi connectivity index (χ1v) is 10.4. The number of aliphatic hydroxyl groups is 1. The Morgan fingerprint density at radius 2 is 1.65 bits per heavy atom. The van der Waals surface area contributed by atoms with Crippen LogP contribution in [0.15, 0.2) is 78.8 Å². The highest BCUT2D eigenvalue weighted by Gasteiger charge is 2.41. The molecule has 0 fully saturated rings. The van der Waals surface area contributed by atoms with E-state index in [1.165, 1.54) is 5.56 Å². The molecule has 5 nitrogen and oxygen atoms in total. The molecule has 0 unspecified atom stereocenters. The summed E-state index contributed by atoms with van der Waals surface area (Å²) >= 11 is 0. The molecule has 1 aliphatic rings. The normalized spacial score (nSPS) is 16.3. The summed E-state index contributed by atoms with van der Waals surface area (Å²) in [6.45, 7) is 4.68. The van der Waals surface area contributed by atoms with Gasteiger partial charge < -0.3 is 14.7 Å². The van der Waals surface area contributed by atoms with E-state index in [0.29, 0.717) is 18.0 Å². The van der Waals surface area contributed by atoms with E-state index in [9.17, 15) is 9.90 Å². The van der Waals surface area contributed by atoms with E-state index in [-0.39, 0.29) is 11.7 Å². The molecule has 4 rings (SSSR count). The number of amides is 1. The van der Waals surface area contributed by atoms with Crippen molar-refractivity contribution < 1.29 is 14.6 Å². The van der Waals surface area contributed by atoms with Crippen LogP contribution >= 0.6 is 0 Å². The molecule has 1 N–H and O–H groups in total. The lowest BCUT2D eigenvalue weighted by atomic mass is 9.91. The summed E-state index contributed by atoms with van der Waals surface area (Å²) in [7, 11) is 1.61. The number of methoxy groups -OCH3 is 1. The first-order chi connectivity index (χ1) is 15.0. The number of aliphatic hydroxyl groups excluding tert-OH is 1. The summed E-state index contributed by atoms with van der Waals surface area (Å²) < 4.78 is 5.27. The second-order valence-electron chi connectivity index (χ2n) is 8.00. The van der Waals surface area contributed by atoms with Gasteiger partial charge in [0.25, 0.3) is 5.91 Å². The largest absolute Gasteiger partial charge is 0.503 e. The monoisotopic (exact) mass is 414 g/mol. The lowest BCUT2D eigenvalue weighted by Gasteiger charge is -2.28. The van der Waals surface area contributed by atoms with Crippen molar-refractivity contribution in [2.75, 3.05) is 7.11 Å². The molecule has 1 amide bonds. The average Bonchev–Trinajstić information content (AvgIpc) is 3.05. The van der Waals surface area contributed by atoms with E-state index in [1.807, 2.05) is 36.4 Å². The number of pyridine rings is 1. The van der Waals surface area contributed by atoms with Crippen molar-refractivity contribution in [3.05, 3.63) is 101 Å². The fourth-order valence-corrected chi connectivity index (χ4v) is 3.98. The van der Waals surface area contributed by atoms with Crippen LogP contribution in [0.3, 0.4) is 0 Å². The van der Waals surface area contributed by atoms with Gasteiger partial charge in [-0.1, -0.05) is 50.2 Å². The predicted molar refractivity (Wildman–Crippen MR) is 121 cm³/mol. The first-order valence-electron chi connectivity index (χ1n) is 10.4. The molecule has 1 aromatic heterocycles. The fourth-order valence-electron chi connectivity index (χ4n) is 3.98. The van der Waals surface area contributed by atoms with Gasteiger partial charge in [-0.3, -0.25) is 9.78 Å². The molecule has 3 aromatic rings. The molecule has 2 heterocycles. The van der Waals surface area contributed by atoms with Crippen molar-refractivity contribution in [2.45, 2.75) is 32.4 Å². The molecule has 0 bridgehead atoms. The van der Waals surface area contributed by atoms with Crippen LogP contribution in [0.4, 0.5) is 0 Å². The average molecular weight is 415 g/mol. The molecule has 31 heavy (non-hydrogen) atoms. The number of carbonyl (C=O) groups excluding carboxylic acids is 1. The summed E-state index contributed by atoms with van der Waals surface area (Å²) in [5.41, 5.74) is 4.55. The predicted octanol–water partition coefficient (Wildman–Crippen LogP) is 5.27. The van der Waals surface area contributed by atoms with Crippen molar-refractivity contribution >= 4 is 11.5 Å². The number of ether oxygens (including phenoxy) is 1. The summed E-state index contributed by atoms with van der Waals surface area (Å²) in [6, 6.07) is 19.1. The molecule has 2 aromatic carbocycles. The SMILES string of the molecule is COc1ccc(C2=C(O)C(=O)N(Cc3ccncc3)[C@@H]2c2ccc(C(C)C)cc2)cc1. The highest BCUT2D eigenvalue weighted by atomic mass is 16.5. The zero-order valence-electron chi connectivity index (χ0n) is 17.9. The Bertz CT molecular complexity index is 1090. The third-order valence-corrected chi connectivity index (χ3v) is 5.73. The van der Waals surface area contributed by atoms with Gasteiger partial charge >= 0.3 is 0 Å². The van der Waals surface area contributed by atoms with E-state index in [1.54, 1.807) is 24.4 Å². The Labute approximate surface area is 182 Å². The highest BCUT2D eigenvalue weighted by Crippen LogP contribution is 2.44. The van der Waals surface area contributed by atoms with Crippen molar-refractivity contribution in [1.29, 1.82) is 0 Å². The maximum atomic E-state index is 13.2. The zero-order chi connectivity index (χ0) is 22.0. The Morgan fingerprint density at radius 1 is 1.00 bits per heavy atom. The van der Waals surface area contributed by atoms with Crippen molar-refractivity contribution in [3.63, 3.8) is 0 Å². The van der Waals surface area contributed by atoms with Gasteiger partial charge in [0.15, 0.2) is 5.76 Å². The number of nitrogens with zero attached hydrogens (tertiary/aromatic N) is 2. The Hall–Kier alpha value is -3.60. The second-order valence-corrected chi connectivity index (χ2v) is 8.00. The minimum Gasteiger partial charge on any atom is -0.503 e. The minimum atomic E-state index is -0.393. The Morgan fingerprint density at radius 3 is 2.23 bits per heavy atom. The van der Waals surface area contributed by atoms with E-state index in [2.05, 4.69) is 43.1 Å². The van der Waals surface area contributed by atoms with Crippen LogP contribution in [0.1, 0.15) is 48.1 Å². The third-order valence-electron chi connectivity index (χ3n) is 5.73. The van der Waals surface area contributed by atoms with Gasteiger partial charge in [0, 0.05) is 24.5 Å². The van der Waals surface area contributed by atoms with Crippen LogP contribution in [-0.4, -0.2) is 28.0 Å². The van der Waals surface area contributed by atoms with Gasteiger partial charge in [-0.15, -0.1) is 0 Å². The van der Waals surface area contributed by atoms with E-state index in [0.717, 1.165) is 22.4 Å². The van der Waals surface area contributed by atoms with Gasteiger partial charge in [0.2, 0.25) is 0 Å². The summed E-state index contributed by atoms with van der Waals surface area (Å²) in [4.78, 5) is 18.9. The summed E-state index contributed by atoms with van der Waals surface area (Å²) in [5.74, 6) is 0.551. The lowest BCUT2D eigenvalue weighted by Crippen LogP contribution is -2.29. The quantitative estimate of drug-likeness (QED) is 0.597. The maximum absolute atomic E-state index is 13.2. The molecule has 1 aliphatic heterocycles. The van der Waals surface area contributed by atoms with Crippen LogP contribution in [0.2, 0.25) is 0 Å². The van der Waals surface area contributed by atoms with Gasteiger partial charge in [-0.2, -0.15) is 0 Å². The smallest absolute Gasteiger partial charge is 0.290 e. The summed E-state index contributed by atoms with van der Waals surface area (Å²) in [5, 5.41) is 10.9. The van der Waals surface area contributed by atoms with E-state index in [4.69, 9.17) is 4.74 Å². The number of hydrogen-bond acceptors (Lipinski definition) is 4. The van der Waals surface area contributed by atoms with Gasteiger partial charge in [0.05, 0.1) is 13.2 Å². The molecule has 0 spiro atoms. The van der Waals surface area contributed by atoms with Crippen molar-refractivity contribution in [1.82, 2.24) is 9.88 Å². The number of carbonyl (C=O) groups is 1. The molecule has 0 radical (unpaired) electrons. The van der Waals surface area contributed by atoms with Gasteiger partial charge in [0.1, 0.15) is 5.75 Å². The molecular weight excluding hydrogens is 388 g/mol. The third kappa shape index (κ3) is 4.04. The van der Waals surface area contributed by atoms with Crippen LogP contribution < -0.4 is 4.74 Å². The summed E-state index contributed by atoms with van der Waals surface area (Å²) in [6.07, 6.45) is 3.42. The van der Waals surface area contributed by atoms with E-state index < -0.39 is 6.04 Å². The highest BCUT2D eigenvalue weighted by molar-refractivity contribution is 6.05. The lowest BCUT2D eigenvalue weighted by molar-refractivity contribution is -0.130. The van der Waals surface area contributed by atoms with Gasteiger partial charge in [-0.05, 0) is 52.4 Å². The topological polar surface area (TPSA) is 62.7 Å². The first kappa shape index (κ1) is 20.7. The molecule has 0 aliphatic carbocycles. The maximum Gasteiger partial charge on any atom is 0.290 e. The molecule has 1 atom stereocenters. The second kappa shape index (κ2) is 8.64. The van der Waals surface area contributed by atoms with E-state index >= 15 is 0 Å². The van der Waals surface area contributed by atoms with Crippen LogP contribution in [0.5, 0.6) is 5.75 Å². The minimum absolute atomic E-state index is 0.211. The fraction of sp³-hybridized carbons (Fsp3) is 0.231. The molecule has 5 heteroatoms. The Kier molecular flexibility index (Phi) is 5.76. The van der Waals surface area contributed by atoms with Crippen molar-refractivity contribution in [2.24, 2.45) is 0 Å². The van der Waals surface area contributed by atoms with Crippen LogP contribution in [0, 0.1) is 0 Å². The number of hydrogen-bond donors (Lipinski definition) is 1. The molecule has 158 valence electrons. The molecule has 0 saturated heterocycles. The number of rotatable bonds is 6. The molecule has 0 saturated carbocycles. The number of benzene rings is 2.